The number of piperazine rings is 1. The molecule has 2 heterocycles. The molecule has 0 spiro atoms. The molecule has 2 aromatic rings. The van der Waals surface area contributed by atoms with Crippen LogP contribution in [-0.4, -0.2) is 65.0 Å². The van der Waals surface area contributed by atoms with Gasteiger partial charge in [0.05, 0.1) is 18.7 Å². The van der Waals surface area contributed by atoms with Gasteiger partial charge in [-0.2, -0.15) is 0 Å². The molecule has 7 heteroatoms. The van der Waals surface area contributed by atoms with Gasteiger partial charge in [0.25, 0.3) is 5.91 Å². The van der Waals surface area contributed by atoms with Crippen LogP contribution in [0.1, 0.15) is 49.5 Å². The van der Waals surface area contributed by atoms with Crippen LogP contribution in [0.5, 0.6) is 5.75 Å². The molecule has 1 saturated carbocycles. The third kappa shape index (κ3) is 4.15. The maximum absolute atomic E-state index is 13.4. The van der Waals surface area contributed by atoms with E-state index in [2.05, 4.69) is 0 Å². The van der Waals surface area contributed by atoms with E-state index in [0.717, 1.165) is 29.5 Å². The molecule has 1 aliphatic carbocycles. The van der Waals surface area contributed by atoms with Crippen LogP contribution in [0.25, 0.3) is 10.9 Å². The molecule has 2 amide bonds. The Hall–Kier alpha value is -2.54. The monoisotopic (exact) mass is 426 g/mol. The Morgan fingerprint density at radius 2 is 1.87 bits per heavy atom. The Labute approximate surface area is 184 Å². The van der Waals surface area contributed by atoms with Crippen LogP contribution in [0.4, 0.5) is 0 Å². The van der Waals surface area contributed by atoms with Gasteiger partial charge >= 0.3 is 0 Å². The van der Waals surface area contributed by atoms with E-state index in [0.29, 0.717) is 31.2 Å². The average molecular weight is 427 g/mol. The first kappa shape index (κ1) is 21.7. The number of nitrogens with zero attached hydrogens (tertiary/aromatic N) is 3. The van der Waals surface area contributed by atoms with Crippen LogP contribution in [0.15, 0.2) is 24.3 Å². The summed E-state index contributed by atoms with van der Waals surface area (Å²) in [6.07, 6.45) is 5.68. The number of carbonyl (C=O) groups excluding carboxylic acids is 2. The van der Waals surface area contributed by atoms with Gasteiger partial charge in [-0.1, -0.05) is 19.3 Å². The van der Waals surface area contributed by atoms with Crippen molar-refractivity contribution >= 4 is 22.7 Å². The van der Waals surface area contributed by atoms with Crippen molar-refractivity contribution in [1.29, 1.82) is 0 Å². The van der Waals surface area contributed by atoms with Crippen molar-refractivity contribution < 1.29 is 14.3 Å². The van der Waals surface area contributed by atoms with Gasteiger partial charge in [-0.25, -0.2) is 0 Å². The highest BCUT2D eigenvalue weighted by atomic mass is 16.5. The summed E-state index contributed by atoms with van der Waals surface area (Å²) >= 11 is 0. The first-order chi connectivity index (χ1) is 14.9. The van der Waals surface area contributed by atoms with Crippen LogP contribution in [0, 0.1) is 5.92 Å². The van der Waals surface area contributed by atoms with Crippen LogP contribution in [0.3, 0.4) is 0 Å². The predicted octanol–water partition coefficient (Wildman–Crippen LogP) is 2.77. The number of aryl methyl sites for hydroxylation is 1. The number of nitrogens with two attached hydrogens (primary N) is 1. The topological polar surface area (TPSA) is 80.8 Å². The maximum Gasteiger partial charge on any atom is 0.270 e. The van der Waals surface area contributed by atoms with Crippen molar-refractivity contribution in [3.05, 3.63) is 30.0 Å². The smallest absolute Gasteiger partial charge is 0.270 e. The number of hydrogen-bond acceptors (Lipinski definition) is 4. The Kier molecular flexibility index (Phi) is 6.23. The molecule has 7 nitrogen and oxygen atoms in total. The fourth-order valence-corrected chi connectivity index (χ4v) is 5.15. The number of carbonyl (C=O) groups is 2. The summed E-state index contributed by atoms with van der Waals surface area (Å²) in [5, 5.41) is 1.01. The van der Waals surface area contributed by atoms with Crippen LogP contribution in [0.2, 0.25) is 0 Å². The molecule has 1 aromatic heterocycles. The lowest BCUT2D eigenvalue weighted by Crippen LogP contribution is -2.59. The van der Waals surface area contributed by atoms with Gasteiger partial charge in [0.1, 0.15) is 11.4 Å². The highest BCUT2D eigenvalue weighted by molar-refractivity contribution is 5.99. The normalized spacial score (nSPS) is 21.4. The van der Waals surface area contributed by atoms with Gasteiger partial charge in [0.15, 0.2) is 0 Å². The van der Waals surface area contributed by atoms with E-state index in [-0.39, 0.29) is 17.9 Å². The van der Waals surface area contributed by atoms with E-state index in [1.165, 1.54) is 19.3 Å². The number of methoxy groups -OCH3 is 1. The molecular weight excluding hydrogens is 392 g/mol. The largest absolute Gasteiger partial charge is 0.497 e. The van der Waals surface area contributed by atoms with Crippen molar-refractivity contribution in [3.8, 4) is 5.75 Å². The Balaban J connectivity index is 1.45. The van der Waals surface area contributed by atoms with E-state index in [9.17, 15) is 9.59 Å². The first-order valence-corrected chi connectivity index (χ1v) is 11.4. The van der Waals surface area contributed by atoms with Crippen molar-refractivity contribution in [1.82, 2.24) is 14.4 Å². The zero-order valence-electron chi connectivity index (χ0n) is 18.8. The van der Waals surface area contributed by atoms with Crippen molar-refractivity contribution in [2.24, 2.45) is 18.7 Å². The third-order valence-electron chi connectivity index (χ3n) is 7.11. The molecule has 1 aliphatic heterocycles. The van der Waals surface area contributed by atoms with Crippen molar-refractivity contribution in [3.63, 3.8) is 0 Å². The van der Waals surface area contributed by atoms with Crippen LogP contribution in [-0.2, 0) is 11.8 Å². The zero-order chi connectivity index (χ0) is 22.1. The third-order valence-corrected chi connectivity index (χ3v) is 7.11. The molecule has 2 fully saturated rings. The highest BCUT2D eigenvalue weighted by Gasteiger charge is 2.35. The second kappa shape index (κ2) is 8.91. The van der Waals surface area contributed by atoms with E-state index in [1.807, 2.05) is 52.6 Å². The van der Waals surface area contributed by atoms with Gasteiger partial charge in [-0.05, 0) is 43.9 Å². The highest BCUT2D eigenvalue weighted by Crippen LogP contribution is 2.28. The molecule has 0 unspecified atom stereocenters. The van der Waals surface area contributed by atoms with E-state index < -0.39 is 6.04 Å². The molecule has 0 bridgehead atoms. The number of ether oxygens (including phenoxy) is 1. The molecule has 31 heavy (non-hydrogen) atoms. The number of hydrogen-bond donors (Lipinski definition) is 1. The molecular formula is C24H34N4O3. The summed E-state index contributed by atoms with van der Waals surface area (Å²) < 4.78 is 7.24. The van der Waals surface area contributed by atoms with E-state index in [1.54, 1.807) is 7.11 Å². The molecule has 2 N–H and O–H groups in total. The van der Waals surface area contributed by atoms with E-state index >= 15 is 0 Å². The average Bonchev–Trinajstić information content (AvgIpc) is 3.13. The van der Waals surface area contributed by atoms with Crippen molar-refractivity contribution in [2.75, 3.05) is 26.7 Å². The number of amides is 2. The van der Waals surface area contributed by atoms with Gasteiger partial charge in [-0.3, -0.25) is 9.59 Å². The molecule has 2 atom stereocenters. The second-order valence-electron chi connectivity index (χ2n) is 9.07. The molecule has 4 rings (SSSR count). The Morgan fingerprint density at radius 3 is 2.55 bits per heavy atom. The van der Waals surface area contributed by atoms with E-state index in [4.69, 9.17) is 10.5 Å². The number of fused-ring (bicyclic) bond motifs is 1. The SMILES string of the molecule is COc1ccc2cc(C(=O)N3CCN(C(=O)[C@@H](N)C4CCCCC4)C[C@H]3C)n(C)c2c1. The quantitative estimate of drug-likeness (QED) is 0.815. The maximum atomic E-state index is 13.4. The van der Waals surface area contributed by atoms with Gasteiger partial charge in [-0.15, -0.1) is 0 Å². The molecule has 1 saturated heterocycles. The summed E-state index contributed by atoms with van der Waals surface area (Å²) in [6.45, 7) is 3.60. The number of aromatic nitrogens is 1. The standard InChI is InChI=1S/C24H34N4O3/c1-16-15-27(24(30)22(25)17-7-5-4-6-8-17)11-12-28(16)23(29)21-13-18-9-10-19(31-3)14-20(18)26(21)2/h9-10,13-14,16-17,22H,4-8,11-12,15,25H2,1-3H3/t16-,22+/m1/s1. The minimum atomic E-state index is -0.414. The lowest BCUT2D eigenvalue weighted by Gasteiger charge is -2.41. The molecule has 0 radical (unpaired) electrons. The molecule has 168 valence electrons. The number of rotatable bonds is 4. The summed E-state index contributed by atoms with van der Waals surface area (Å²) in [6, 6.07) is 7.27. The first-order valence-electron chi connectivity index (χ1n) is 11.4. The second-order valence-corrected chi connectivity index (χ2v) is 9.07. The lowest BCUT2D eigenvalue weighted by molar-refractivity contribution is -0.136. The summed E-state index contributed by atoms with van der Waals surface area (Å²) in [5.41, 5.74) is 7.96. The minimum absolute atomic E-state index is 0.00570. The lowest BCUT2D eigenvalue weighted by atomic mass is 9.83. The van der Waals surface area contributed by atoms with Crippen LogP contribution >= 0.6 is 0 Å². The minimum Gasteiger partial charge on any atom is -0.497 e. The van der Waals surface area contributed by atoms with Gasteiger partial charge < -0.3 is 24.8 Å². The Bertz CT molecular complexity index is 963. The summed E-state index contributed by atoms with van der Waals surface area (Å²) in [4.78, 5) is 30.1. The van der Waals surface area contributed by atoms with Crippen molar-refractivity contribution in [2.45, 2.75) is 51.1 Å². The molecule has 1 aromatic carbocycles. The predicted molar refractivity (Wildman–Crippen MR) is 121 cm³/mol. The van der Waals surface area contributed by atoms with Crippen LogP contribution < -0.4 is 10.5 Å². The Morgan fingerprint density at radius 1 is 1.13 bits per heavy atom. The fraction of sp³-hybridized carbons (Fsp3) is 0.583. The zero-order valence-corrected chi connectivity index (χ0v) is 18.8. The van der Waals surface area contributed by atoms with Gasteiger partial charge in [0.2, 0.25) is 5.91 Å². The molecule has 2 aliphatic rings. The fourth-order valence-electron chi connectivity index (χ4n) is 5.15. The summed E-state index contributed by atoms with van der Waals surface area (Å²) in [7, 11) is 3.54. The van der Waals surface area contributed by atoms with Gasteiger partial charge in [0, 0.05) is 44.2 Å². The number of benzene rings is 1. The summed E-state index contributed by atoms with van der Waals surface area (Å²) in [5.74, 6) is 1.10.